The lowest BCUT2D eigenvalue weighted by Crippen LogP contribution is -2.09. The Morgan fingerprint density at radius 3 is 2.25 bits per heavy atom. The fourth-order valence-corrected chi connectivity index (χ4v) is 1.65. The lowest BCUT2D eigenvalue weighted by atomic mass is 10.0. The molecular weight excluding hydrogens is 252 g/mol. The zero-order valence-corrected chi connectivity index (χ0v) is 11.1. The fraction of sp³-hybridized carbons (Fsp3) is 0.0588. The Labute approximate surface area is 117 Å². The highest BCUT2D eigenvalue weighted by molar-refractivity contribution is 6.09. The van der Waals surface area contributed by atoms with Crippen molar-refractivity contribution in [2.24, 2.45) is 0 Å². The Morgan fingerprint density at radius 1 is 0.950 bits per heavy atom. The van der Waals surface area contributed by atoms with E-state index in [0.29, 0.717) is 22.4 Å². The molecule has 0 aliphatic carbocycles. The van der Waals surface area contributed by atoms with Gasteiger partial charge in [0.1, 0.15) is 5.75 Å². The van der Waals surface area contributed by atoms with E-state index in [1.165, 1.54) is 0 Å². The first kappa shape index (κ1) is 13.7. The van der Waals surface area contributed by atoms with Gasteiger partial charge in [-0.2, -0.15) is 0 Å². The highest BCUT2D eigenvalue weighted by atomic mass is 16.5. The van der Waals surface area contributed by atoms with Gasteiger partial charge in [0.25, 0.3) is 0 Å². The summed E-state index contributed by atoms with van der Waals surface area (Å²) in [6.45, 7) is 5.09. The maximum absolute atomic E-state index is 12.3. The predicted octanol–water partition coefficient (Wildman–Crippen LogP) is 3.40. The summed E-state index contributed by atoms with van der Waals surface area (Å²) >= 11 is 0. The molecule has 0 N–H and O–H groups in total. The number of carbonyl (C=O) groups excluding carboxylic acids is 2. The third-order valence-electron chi connectivity index (χ3n) is 2.69. The molecule has 0 radical (unpaired) electrons. The number of benzene rings is 2. The van der Waals surface area contributed by atoms with E-state index in [1.807, 2.05) is 6.07 Å². The molecule has 0 aliphatic heterocycles. The molecule has 0 saturated carbocycles. The number of ether oxygens (including phenoxy) is 1. The number of carbonyl (C=O) groups is 2. The van der Waals surface area contributed by atoms with Gasteiger partial charge in [0.2, 0.25) is 0 Å². The van der Waals surface area contributed by atoms with Gasteiger partial charge in [-0.25, -0.2) is 4.79 Å². The minimum atomic E-state index is -0.505. The van der Waals surface area contributed by atoms with Crippen LogP contribution in [0.4, 0.5) is 0 Å². The third kappa shape index (κ3) is 3.20. The number of ketones is 1. The number of esters is 1. The molecule has 0 fully saturated rings. The van der Waals surface area contributed by atoms with Crippen molar-refractivity contribution in [1.29, 1.82) is 0 Å². The van der Waals surface area contributed by atoms with Crippen molar-refractivity contribution < 1.29 is 14.3 Å². The first-order valence-electron chi connectivity index (χ1n) is 6.15. The maximum Gasteiger partial charge on any atom is 0.338 e. The average Bonchev–Trinajstić information content (AvgIpc) is 2.47. The summed E-state index contributed by atoms with van der Waals surface area (Å²) < 4.78 is 5.11. The Morgan fingerprint density at radius 2 is 1.60 bits per heavy atom. The largest absolute Gasteiger partial charge is 0.423 e. The van der Waals surface area contributed by atoms with Gasteiger partial charge in [-0.3, -0.25) is 4.79 Å². The van der Waals surface area contributed by atoms with E-state index < -0.39 is 5.97 Å². The van der Waals surface area contributed by atoms with Crippen LogP contribution in [0.5, 0.6) is 5.75 Å². The highest BCUT2D eigenvalue weighted by Gasteiger charge is 2.11. The zero-order chi connectivity index (χ0) is 14.5. The SMILES string of the molecule is C=C(C)C(=O)Oc1cccc(C(=O)c2ccccc2)c1. The molecule has 0 heterocycles. The first-order chi connectivity index (χ1) is 9.58. The van der Waals surface area contributed by atoms with Gasteiger partial charge in [0.15, 0.2) is 5.78 Å². The molecule has 0 atom stereocenters. The van der Waals surface area contributed by atoms with Crippen molar-refractivity contribution >= 4 is 11.8 Å². The summed E-state index contributed by atoms with van der Waals surface area (Å²) in [4.78, 5) is 23.7. The van der Waals surface area contributed by atoms with E-state index in [-0.39, 0.29) is 5.78 Å². The quantitative estimate of drug-likeness (QED) is 0.369. The van der Waals surface area contributed by atoms with Crippen molar-refractivity contribution in [2.75, 3.05) is 0 Å². The number of rotatable bonds is 4. The van der Waals surface area contributed by atoms with Gasteiger partial charge in [0.05, 0.1) is 0 Å². The molecule has 0 saturated heterocycles. The molecule has 0 aliphatic rings. The van der Waals surface area contributed by atoms with E-state index in [2.05, 4.69) is 6.58 Å². The molecule has 0 spiro atoms. The predicted molar refractivity (Wildman–Crippen MR) is 76.8 cm³/mol. The molecular formula is C17H14O3. The average molecular weight is 266 g/mol. The Hall–Kier alpha value is -2.68. The number of hydrogen-bond acceptors (Lipinski definition) is 3. The van der Waals surface area contributed by atoms with E-state index in [9.17, 15) is 9.59 Å². The van der Waals surface area contributed by atoms with Gasteiger partial charge >= 0.3 is 5.97 Å². The molecule has 3 heteroatoms. The fourth-order valence-electron chi connectivity index (χ4n) is 1.65. The topological polar surface area (TPSA) is 43.4 Å². The summed E-state index contributed by atoms with van der Waals surface area (Å²) in [5, 5.41) is 0. The Kier molecular flexibility index (Phi) is 4.11. The van der Waals surface area contributed by atoms with Crippen LogP contribution in [0.15, 0.2) is 66.7 Å². The first-order valence-corrected chi connectivity index (χ1v) is 6.15. The molecule has 0 unspecified atom stereocenters. The van der Waals surface area contributed by atoms with Crippen LogP contribution in [0, 0.1) is 0 Å². The minimum Gasteiger partial charge on any atom is -0.423 e. The van der Waals surface area contributed by atoms with Gasteiger partial charge in [-0.1, -0.05) is 49.0 Å². The van der Waals surface area contributed by atoms with Gasteiger partial charge in [0, 0.05) is 16.7 Å². The summed E-state index contributed by atoms with van der Waals surface area (Å²) in [5.41, 5.74) is 1.38. The van der Waals surface area contributed by atoms with E-state index >= 15 is 0 Å². The Bertz CT molecular complexity index is 657. The second-order valence-electron chi connectivity index (χ2n) is 4.39. The zero-order valence-electron chi connectivity index (χ0n) is 11.1. The van der Waals surface area contributed by atoms with Crippen LogP contribution >= 0.6 is 0 Å². The van der Waals surface area contributed by atoms with Crippen molar-refractivity contribution in [1.82, 2.24) is 0 Å². The van der Waals surface area contributed by atoms with Crippen molar-refractivity contribution in [3.8, 4) is 5.75 Å². The lowest BCUT2D eigenvalue weighted by molar-refractivity contribution is -0.130. The van der Waals surface area contributed by atoms with E-state index in [4.69, 9.17) is 4.74 Å². The summed E-state index contributed by atoms with van der Waals surface area (Å²) in [5.74, 6) is -0.284. The number of hydrogen-bond donors (Lipinski definition) is 0. The smallest absolute Gasteiger partial charge is 0.338 e. The molecule has 2 rings (SSSR count). The van der Waals surface area contributed by atoms with Crippen LogP contribution < -0.4 is 4.74 Å². The van der Waals surface area contributed by atoms with Crippen molar-refractivity contribution in [3.05, 3.63) is 77.9 Å². The molecule has 100 valence electrons. The van der Waals surface area contributed by atoms with Crippen LogP contribution in [-0.4, -0.2) is 11.8 Å². The molecule has 2 aromatic carbocycles. The Balaban J connectivity index is 2.24. The molecule has 0 amide bonds. The highest BCUT2D eigenvalue weighted by Crippen LogP contribution is 2.17. The third-order valence-corrected chi connectivity index (χ3v) is 2.69. The van der Waals surface area contributed by atoms with Crippen LogP contribution in [-0.2, 0) is 4.79 Å². The monoisotopic (exact) mass is 266 g/mol. The minimum absolute atomic E-state index is 0.112. The molecule has 20 heavy (non-hydrogen) atoms. The molecule has 0 bridgehead atoms. The van der Waals surface area contributed by atoms with Gasteiger partial charge < -0.3 is 4.74 Å². The van der Waals surface area contributed by atoms with E-state index in [0.717, 1.165) is 0 Å². The molecule has 2 aromatic rings. The molecule has 3 nitrogen and oxygen atoms in total. The van der Waals surface area contributed by atoms with Crippen molar-refractivity contribution in [3.63, 3.8) is 0 Å². The normalized spacial score (nSPS) is 9.85. The lowest BCUT2D eigenvalue weighted by Gasteiger charge is -2.06. The van der Waals surface area contributed by atoms with Gasteiger partial charge in [-0.15, -0.1) is 0 Å². The van der Waals surface area contributed by atoms with Crippen LogP contribution in [0.3, 0.4) is 0 Å². The van der Waals surface area contributed by atoms with Crippen molar-refractivity contribution in [2.45, 2.75) is 6.92 Å². The van der Waals surface area contributed by atoms with Gasteiger partial charge in [-0.05, 0) is 19.1 Å². The van der Waals surface area contributed by atoms with Crippen LogP contribution in [0.1, 0.15) is 22.8 Å². The second kappa shape index (κ2) is 5.97. The summed E-state index contributed by atoms with van der Waals surface area (Å²) in [6.07, 6.45) is 0. The maximum atomic E-state index is 12.3. The van der Waals surface area contributed by atoms with Crippen LogP contribution in [0.2, 0.25) is 0 Å². The molecule has 0 aromatic heterocycles. The summed E-state index contributed by atoms with van der Waals surface area (Å²) in [7, 11) is 0. The van der Waals surface area contributed by atoms with E-state index in [1.54, 1.807) is 55.5 Å². The second-order valence-corrected chi connectivity index (χ2v) is 4.39. The van der Waals surface area contributed by atoms with Crippen LogP contribution in [0.25, 0.3) is 0 Å². The summed E-state index contributed by atoms with van der Waals surface area (Å²) in [6, 6.07) is 15.5. The standard InChI is InChI=1S/C17H14O3/c1-12(2)17(19)20-15-10-6-9-14(11-15)16(18)13-7-4-3-5-8-13/h3-11H,1H2,2H3.